The number of ether oxygens (including phenoxy) is 1. The number of nitrogens with zero attached hydrogens (tertiary/aromatic N) is 1. The van der Waals surface area contributed by atoms with E-state index in [1.165, 1.54) is 24.1 Å². The second kappa shape index (κ2) is 7.36. The van der Waals surface area contributed by atoms with Crippen LogP contribution >= 0.6 is 0 Å². The highest BCUT2D eigenvalue weighted by Gasteiger charge is 2.31. The van der Waals surface area contributed by atoms with Gasteiger partial charge in [-0.05, 0) is 24.3 Å². The average Bonchev–Trinajstić information content (AvgIpc) is 2.48. The smallest absolute Gasteiger partial charge is 0.375 e. The van der Waals surface area contributed by atoms with Crippen molar-refractivity contribution in [1.82, 2.24) is 10.2 Å². The Hall–Kier alpha value is -2.53. The largest absolute Gasteiger partial charge is 0.416 e. The summed E-state index contributed by atoms with van der Waals surface area (Å²) in [6.07, 6.45) is -4.40. The molecule has 0 aromatic heterocycles. The third kappa shape index (κ3) is 4.73. The summed E-state index contributed by atoms with van der Waals surface area (Å²) in [5.74, 6) is 4.21. The van der Waals surface area contributed by atoms with Crippen LogP contribution < -0.4 is 5.32 Å². The van der Waals surface area contributed by atoms with Gasteiger partial charge in [-0.25, -0.2) is 0 Å². The molecule has 1 fully saturated rings. The van der Waals surface area contributed by atoms with Crippen molar-refractivity contribution in [3.63, 3.8) is 0 Å². The van der Waals surface area contributed by atoms with Gasteiger partial charge in [-0.3, -0.25) is 9.59 Å². The van der Waals surface area contributed by atoms with Crippen molar-refractivity contribution in [3.8, 4) is 11.8 Å². The second-order valence-electron chi connectivity index (χ2n) is 5.23. The number of likely N-dealkylation sites (tertiary alicyclic amines) is 1. The Balaban J connectivity index is 1.84. The number of benzene rings is 1. The lowest BCUT2D eigenvalue weighted by Gasteiger charge is -2.38. The minimum Gasteiger partial charge on any atom is -0.375 e. The Bertz CT molecular complexity index is 669. The summed E-state index contributed by atoms with van der Waals surface area (Å²) in [5, 5.41) is 2.68. The maximum absolute atomic E-state index is 12.4. The molecule has 0 aliphatic carbocycles. The molecule has 1 aromatic rings. The number of methoxy groups -OCH3 is 1. The van der Waals surface area contributed by atoms with E-state index in [1.54, 1.807) is 0 Å². The van der Waals surface area contributed by atoms with E-state index in [2.05, 4.69) is 21.9 Å². The van der Waals surface area contributed by atoms with Crippen LogP contribution in [0.2, 0.25) is 0 Å². The van der Waals surface area contributed by atoms with Crippen molar-refractivity contribution in [3.05, 3.63) is 35.4 Å². The topological polar surface area (TPSA) is 58.6 Å². The van der Waals surface area contributed by atoms with Crippen LogP contribution in [-0.4, -0.2) is 49.6 Å². The van der Waals surface area contributed by atoms with Crippen LogP contribution in [0.15, 0.2) is 24.3 Å². The van der Waals surface area contributed by atoms with E-state index in [-0.39, 0.29) is 18.6 Å². The lowest BCUT2D eigenvalue weighted by molar-refractivity contribution is -0.137. The number of carbonyl (C=O) groups excluding carboxylic acids is 2. The molecule has 1 aromatic carbocycles. The molecule has 0 radical (unpaired) electrons. The number of nitrogens with one attached hydrogen (secondary N) is 1. The molecule has 0 saturated carbocycles. The normalized spacial score (nSPS) is 14.4. The lowest BCUT2D eigenvalue weighted by atomic mass is 10.1. The van der Waals surface area contributed by atoms with Gasteiger partial charge >= 0.3 is 6.18 Å². The van der Waals surface area contributed by atoms with E-state index < -0.39 is 17.6 Å². The lowest BCUT2D eigenvalue weighted by Crippen LogP contribution is -2.61. The summed E-state index contributed by atoms with van der Waals surface area (Å²) < 4.78 is 42.0. The molecule has 128 valence electrons. The Morgan fingerprint density at radius 1 is 1.29 bits per heavy atom. The van der Waals surface area contributed by atoms with Gasteiger partial charge in [0.25, 0.3) is 5.91 Å². The third-order valence-corrected chi connectivity index (χ3v) is 3.34. The Morgan fingerprint density at radius 2 is 1.92 bits per heavy atom. The predicted molar refractivity (Wildman–Crippen MR) is 78.7 cm³/mol. The van der Waals surface area contributed by atoms with Crippen LogP contribution in [0.4, 0.5) is 13.2 Å². The van der Waals surface area contributed by atoms with Crippen LogP contribution in [0.5, 0.6) is 0 Å². The Labute approximate surface area is 136 Å². The molecule has 24 heavy (non-hydrogen) atoms. The van der Waals surface area contributed by atoms with Crippen LogP contribution in [-0.2, 0) is 20.5 Å². The molecule has 0 bridgehead atoms. The van der Waals surface area contributed by atoms with Gasteiger partial charge in [0, 0.05) is 31.7 Å². The summed E-state index contributed by atoms with van der Waals surface area (Å²) in [7, 11) is 1.41. The van der Waals surface area contributed by atoms with E-state index in [0.29, 0.717) is 18.7 Å². The zero-order valence-electron chi connectivity index (χ0n) is 12.8. The highest BCUT2D eigenvalue weighted by atomic mass is 19.4. The molecule has 0 atom stereocenters. The Kier molecular flexibility index (Phi) is 5.46. The fourth-order valence-electron chi connectivity index (χ4n) is 2.08. The summed E-state index contributed by atoms with van der Waals surface area (Å²) in [5.41, 5.74) is -0.446. The zero-order valence-corrected chi connectivity index (χ0v) is 12.8. The van der Waals surface area contributed by atoms with Gasteiger partial charge in [-0.2, -0.15) is 13.2 Å². The highest BCUT2D eigenvalue weighted by molar-refractivity contribution is 5.94. The first-order chi connectivity index (χ1) is 11.3. The molecule has 1 saturated heterocycles. The molecule has 1 aliphatic heterocycles. The molecule has 2 amide bonds. The van der Waals surface area contributed by atoms with E-state index >= 15 is 0 Å². The summed E-state index contributed by atoms with van der Waals surface area (Å²) in [4.78, 5) is 24.5. The summed E-state index contributed by atoms with van der Waals surface area (Å²) in [6, 6.07) is 4.13. The molecular weight excluding hydrogens is 325 g/mol. The van der Waals surface area contributed by atoms with Crippen LogP contribution in [0.25, 0.3) is 0 Å². The van der Waals surface area contributed by atoms with Crippen molar-refractivity contribution in [1.29, 1.82) is 0 Å². The molecule has 0 unspecified atom stereocenters. The average molecular weight is 340 g/mol. The van der Waals surface area contributed by atoms with Crippen molar-refractivity contribution in [2.45, 2.75) is 12.2 Å². The van der Waals surface area contributed by atoms with Crippen molar-refractivity contribution in [2.75, 3.05) is 26.8 Å². The second-order valence-corrected chi connectivity index (χ2v) is 5.23. The van der Waals surface area contributed by atoms with Crippen molar-refractivity contribution >= 4 is 11.8 Å². The van der Waals surface area contributed by atoms with Gasteiger partial charge in [-0.1, -0.05) is 5.92 Å². The van der Waals surface area contributed by atoms with Crippen molar-refractivity contribution < 1.29 is 27.5 Å². The fourth-order valence-corrected chi connectivity index (χ4v) is 2.08. The monoisotopic (exact) mass is 340 g/mol. The molecular formula is C16H15F3N2O3. The zero-order chi connectivity index (χ0) is 17.7. The first kappa shape index (κ1) is 17.8. The molecule has 1 N–H and O–H groups in total. The minimum atomic E-state index is -4.40. The van der Waals surface area contributed by atoms with Crippen LogP contribution in [0.1, 0.15) is 11.1 Å². The first-order valence-electron chi connectivity index (χ1n) is 7.06. The predicted octanol–water partition coefficient (Wildman–Crippen LogP) is 1.03. The first-order valence-corrected chi connectivity index (χ1v) is 7.06. The van der Waals surface area contributed by atoms with Gasteiger partial charge in [-0.15, -0.1) is 0 Å². The number of carbonyl (C=O) groups is 2. The van der Waals surface area contributed by atoms with Crippen molar-refractivity contribution in [2.24, 2.45) is 0 Å². The van der Waals surface area contributed by atoms with Crippen LogP contribution in [0, 0.1) is 11.8 Å². The molecule has 1 aliphatic rings. The molecule has 1 heterocycles. The highest BCUT2D eigenvalue weighted by Crippen LogP contribution is 2.28. The Morgan fingerprint density at radius 3 is 2.46 bits per heavy atom. The van der Waals surface area contributed by atoms with E-state index in [4.69, 9.17) is 0 Å². The third-order valence-electron chi connectivity index (χ3n) is 3.34. The van der Waals surface area contributed by atoms with Gasteiger partial charge in [0.15, 0.2) is 0 Å². The van der Waals surface area contributed by atoms with Gasteiger partial charge in [0.05, 0.1) is 11.6 Å². The summed E-state index contributed by atoms with van der Waals surface area (Å²) >= 11 is 0. The minimum absolute atomic E-state index is 0.0435. The quantitative estimate of drug-likeness (QED) is 0.836. The molecule has 5 nitrogen and oxygen atoms in total. The SMILES string of the molecule is COCC(=O)NC1CN(C(=O)C#Cc2ccc(C(F)(F)F)cc2)C1. The summed E-state index contributed by atoms with van der Waals surface area (Å²) in [6.45, 7) is 0.643. The van der Waals surface area contributed by atoms with Gasteiger partial charge in [0.2, 0.25) is 5.91 Å². The number of halogens is 3. The maximum Gasteiger partial charge on any atom is 0.416 e. The van der Waals surface area contributed by atoms with E-state index in [9.17, 15) is 22.8 Å². The number of amides is 2. The molecule has 8 heteroatoms. The van der Waals surface area contributed by atoms with Gasteiger partial charge < -0.3 is 15.0 Å². The van der Waals surface area contributed by atoms with E-state index in [0.717, 1.165) is 12.1 Å². The molecule has 2 rings (SSSR count). The number of hydrogen-bond acceptors (Lipinski definition) is 3. The standard InChI is InChI=1S/C16H15F3N2O3/c1-24-10-14(22)20-13-8-21(9-13)15(23)7-4-11-2-5-12(6-3-11)16(17,18)19/h2-3,5-6,13H,8-10H2,1H3,(H,20,22). The number of rotatable bonds is 3. The fraction of sp³-hybridized carbons (Fsp3) is 0.375. The maximum atomic E-state index is 12.4. The van der Waals surface area contributed by atoms with Gasteiger partial charge in [0.1, 0.15) is 6.61 Å². The number of alkyl halides is 3. The molecule has 0 spiro atoms. The van der Waals surface area contributed by atoms with E-state index in [1.807, 2.05) is 0 Å². The van der Waals surface area contributed by atoms with Crippen LogP contribution in [0.3, 0.4) is 0 Å². The number of hydrogen-bond donors (Lipinski definition) is 1.